The molecule has 0 spiro atoms. The van der Waals surface area contributed by atoms with Gasteiger partial charge in [-0.15, -0.1) is 0 Å². The van der Waals surface area contributed by atoms with E-state index >= 15 is 0 Å². The molecule has 0 aliphatic carbocycles. The van der Waals surface area contributed by atoms with Gasteiger partial charge < -0.3 is 4.74 Å². The number of esters is 1. The normalized spacial score (nSPS) is 10.0. The molecule has 15 heavy (non-hydrogen) atoms. The van der Waals surface area contributed by atoms with Gasteiger partial charge in [-0.05, 0) is 24.5 Å². The van der Waals surface area contributed by atoms with Crippen molar-refractivity contribution in [1.82, 2.24) is 0 Å². The number of hydrogen-bond acceptors (Lipinski definition) is 2. The summed E-state index contributed by atoms with van der Waals surface area (Å²) < 4.78 is 4.73. The average Bonchev–Trinajstić information content (AvgIpc) is 2.29. The molecule has 1 aromatic rings. The quantitative estimate of drug-likeness (QED) is 0.545. The summed E-state index contributed by atoms with van der Waals surface area (Å²) in [4.78, 5) is 11.4. The van der Waals surface area contributed by atoms with E-state index in [-0.39, 0.29) is 5.97 Å². The fraction of sp³-hybridized carbons (Fsp3) is 0.385. The van der Waals surface area contributed by atoms with E-state index in [4.69, 9.17) is 4.74 Å². The molecule has 0 saturated carbocycles. The lowest BCUT2D eigenvalue weighted by Crippen LogP contribution is -2.05. The highest BCUT2D eigenvalue weighted by Gasteiger charge is 2.09. The summed E-state index contributed by atoms with van der Waals surface area (Å²) in [6.07, 6.45) is 5.25. The topological polar surface area (TPSA) is 26.3 Å². The first kappa shape index (κ1) is 11.8. The number of carbonyl (C=O) groups excluding carboxylic acids is 1. The summed E-state index contributed by atoms with van der Waals surface area (Å²) in [7, 11) is 1.41. The van der Waals surface area contributed by atoms with Gasteiger partial charge in [-0.3, -0.25) is 0 Å². The Bertz CT molecular complexity index is 318. The fourth-order valence-electron chi connectivity index (χ4n) is 1.47. The van der Waals surface area contributed by atoms with Crippen LogP contribution in [0.2, 0.25) is 0 Å². The minimum atomic E-state index is -0.254. The van der Waals surface area contributed by atoms with Crippen LogP contribution in [0, 0.1) is 6.42 Å². The highest BCUT2D eigenvalue weighted by molar-refractivity contribution is 5.91. The lowest BCUT2D eigenvalue weighted by atomic mass is 10.0. The third-order valence-corrected chi connectivity index (χ3v) is 2.28. The molecule has 0 aliphatic rings. The summed E-state index contributed by atoms with van der Waals surface area (Å²) in [6.45, 7) is 2.14. The van der Waals surface area contributed by atoms with Crippen LogP contribution in [0.3, 0.4) is 0 Å². The molecule has 1 rings (SSSR count). The molecule has 0 bridgehead atoms. The van der Waals surface area contributed by atoms with Gasteiger partial charge in [0, 0.05) is 0 Å². The van der Waals surface area contributed by atoms with Crippen molar-refractivity contribution in [2.24, 2.45) is 0 Å². The molecule has 0 aromatic heterocycles. The maximum absolute atomic E-state index is 11.4. The molecule has 0 unspecified atom stereocenters. The Kier molecular flexibility index (Phi) is 4.88. The zero-order chi connectivity index (χ0) is 11.1. The number of rotatable bonds is 5. The third kappa shape index (κ3) is 3.39. The fourth-order valence-corrected chi connectivity index (χ4v) is 1.47. The van der Waals surface area contributed by atoms with Crippen LogP contribution >= 0.6 is 0 Å². The SMILES string of the molecule is CCC[CH]Cc1ccccc1C(=O)OC. The average molecular weight is 205 g/mol. The van der Waals surface area contributed by atoms with Crippen LogP contribution in [0.15, 0.2) is 24.3 Å². The van der Waals surface area contributed by atoms with E-state index < -0.39 is 0 Å². The molecule has 0 fully saturated rings. The Hall–Kier alpha value is -1.31. The highest BCUT2D eigenvalue weighted by Crippen LogP contribution is 2.13. The van der Waals surface area contributed by atoms with Gasteiger partial charge in [0.15, 0.2) is 0 Å². The Morgan fingerprint density at radius 2 is 2.13 bits per heavy atom. The van der Waals surface area contributed by atoms with Crippen molar-refractivity contribution in [3.8, 4) is 0 Å². The van der Waals surface area contributed by atoms with Crippen LogP contribution in [0.4, 0.5) is 0 Å². The summed E-state index contributed by atoms with van der Waals surface area (Å²) in [5.74, 6) is -0.254. The third-order valence-electron chi connectivity index (χ3n) is 2.28. The Labute approximate surface area is 91.3 Å². The van der Waals surface area contributed by atoms with E-state index in [2.05, 4.69) is 13.3 Å². The number of hydrogen-bond donors (Lipinski definition) is 0. The smallest absolute Gasteiger partial charge is 0.338 e. The van der Waals surface area contributed by atoms with Gasteiger partial charge in [-0.2, -0.15) is 0 Å². The second-order valence-electron chi connectivity index (χ2n) is 3.43. The number of carbonyl (C=O) groups is 1. The summed E-state index contributed by atoms with van der Waals surface area (Å²) in [5.41, 5.74) is 1.71. The second-order valence-corrected chi connectivity index (χ2v) is 3.43. The molecule has 2 heteroatoms. The van der Waals surface area contributed by atoms with Gasteiger partial charge in [0.25, 0.3) is 0 Å². The first-order valence-corrected chi connectivity index (χ1v) is 5.27. The van der Waals surface area contributed by atoms with Gasteiger partial charge in [0.1, 0.15) is 0 Å². The number of ether oxygens (including phenoxy) is 1. The second kappa shape index (κ2) is 6.23. The molecule has 0 heterocycles. The van der Waals surface area contributed by atoms with E-state index in [1.54, 1.807) is 6.07 Å². The van der Waals surface area contributed by atoms with Gasteiger partial charge in [-0.25, -0.2) is 4.79 Å². The van der Waals surface area contributed by atoms with Crippen molar-refractivity contribution in [3.63, 3.8) is 0 Å². The molecular weight excluding hydrogens is 188 g/mol. The summed E-state index contributed by atoms with van der Waals surface area (Å²) in [6, 6.07) is 7.58. The van der Waals surface area contributed by atoms with E-state index in [1.807, 2.05) is 18.2 Å². The lowest BCUT2D eigenvalue weighted by molar-refractivity contribution is 0.0599. The minimum absolute atomic E-state index is 0.254. The van der Waals surface area contributed by atoms with Gasteiger partial charge in [-0.1, -0.05) is 38.0 Å². The van der Waals surface area contributed by atoms with E-state index in [9.17, 15) is 4.79 Å². The zero-order valence-electron chi connectivity index (χ0n) is 9.32. The van der Waals surface area contributed by atoms with Gasteiger partial charge in [0.05, 0.1) is 12.7 Å². The number of unbranched alkanes of at least 4 members (excludes halogenated alkanes) is 2. The Morgan fingerprint density at radius 1 is 1.40 bits per heavy atom. The van der Waals surface area contributed by atoms with E-state index in [0.717, 1.165) is 24.8 Å². The Balaban J connectivity index is 2.73. The maximum Gasteiger partial charge on any atom is 0.338 e. The first-order chi connectivity index (χ1) is 7.29. The predicted molar refractivity (Wildman–Crippen MR) is 60.7 cm³/mol. The molecule has 81 valence electrons. The molecule has 1 radical (unpaired) electrons. The van der Waals surface area contributed by atoms with Gasteiger partial charge in [0.2, 0.25) is 0 Å². The Morgan fingerprint density at radius 3 is 2.80 bits per heavy atom. The van der Waals surface area contributed by atoms with Crippen molar-refractivity contribution in [1.29, 1.82) is 0 Å². The van der Waals surface area contributed by atoms with Crippen LogP contribution < -0.4 is 0 Å². The van der Waals surface area contributed by atoms with Crippen molar-refractivity contribution in [2.75, 3.05) is 7.11 Å². The van der Waals surface area contributed by atoms with E-state index in [0.29, 0.717) is 5.56 Å². The van der Waals surface area contributed by atoms with Crippen LogP contribution in [0.1, 0.15) is 35.7 Å². The molecule has 1 aromatic carbocycles. The lowest BCUT2D eigenvalue weighted by Gasteiger charge is -2.06. The molecule has 2 nitrogen and oxygen atoms in total. The molecule has 0 amide bonds. The largest absolute Gasteiger partial charge is 0.465 e. The van der Waals surface area contributed by atoms with E-state index in [1.165, 1.54) is 7.11 Å². The molecule has 0 N–H and O–H groups in total. The summed E-state index contributed by atoms with van der Waals surface area (Å²) in [5, 5.41) is 0. The van der Waals surface area contributed by atoms with Crippen LogP contribution in [-0.2, 0) is 11.2 Å². The zero-order valence-corrected chi connectivity index (χ0v) is 9.32. The van der Waals surface area contributed by atoms with Crippen molar-refractivity contribution >= 4 is 5.97 Å². The van der Waals surface area contributed by atoms with Crippen molar-refractivity contribution < 1.29 is 9.53 Å². The first-order valence-electron chi connectivity index (χ1n) is 5.27. The maximum atomic E-state index is 11.4. The molecule has 0 saturated heterocycles. The number of methoxy groups -OCH3 is 1. The van der Waals surface area contributed by atoms with Crippen LogP contribution in [0.5, 0.6) is 0 Å². The number of benzene rings is 1. The van der Waals surface area contributed by atoms with Crippen LogP contribution in [0.25, 0.3) is 0 Å². The minimum Gasteiger partial charge on any atom is -0.465 e. The predicted octanol–water partition coefficient (Wildman–Crippen LogP) is 3.02. The standard InChI is InChI=1S/C13H17O2/c1-3-4-5-8-11-9-6-7-10-12(11)13(14)15-2/h5-7,9-10H,3-4,8H2,1-2H3. The molecular formula is C13H17O2. The molecule has 0 aliphatic heterocycles. The van der Waals surface area contributed by atoms with Gasteiger partial charge >= 0.3 is 5.97 Å². The van der Waals surface area contributed by atoms with Crippen LogP contribution in [-0.4, -0.2) is 13.1 Å². The monoisotopic (exact) mass is 205 g/mol. The van der Waals surface area contributed by atoms with Crippen molar-refractivity contribution in [3.05, 3.63) is 41.8 Å². The summed E-state index contributed by atoms with van der Waals surface area (Å²) >= 11 is 0. The van der Waals surface area contributed by atoms with Crippen molar-refractivity contribution in [2.45, 2.75) is 26.2 Å². The highest BCUT2D eigenvalue weighted by atomic mass is 16.5. The molecule has 0 atom stereocenters.